The third kappa shape index (κ3) is 5.31. The molecule has 1 aromatic carbocycles. The first-order valence-electron chi connectivity index (χ1n) is 7.95. The molecule has 0 unspecified atom stereocenters. The van der Waals surface area contributed by atoms with Crippen LogP contribution in [-0.4, -0.2) is 38.8 Å². The molecule has 5 heteroatoms. The molecule has 1 aliphatic rings. The van der Waals surface area contributed by atoms with Crippen LogP contribution in [0.2, 0.25) is 0 Å². The average Bonchev–Trinajstić information content (AvgIpc) is 2.52. The van der Waals surface area contributed by atoms with E-state index in [1.165, 1.54) is 0 Å². The minimum Gasteiger partial charge on any atom is -0.493 e. The fraction of sp³-hybridized carbons (Fsp3) is 0.588. The highest BCUT2D eigenvalue weighted by Crippen LogP contribution is 2.21. The van der Waals surface area contributed by atoms with Gasteiger partial charge in [-0.2, -0.15) is 0 Å². The van der Waals surface area contributed by atoms with Gasteiger partial charge < -0.3 is 20.1 Å². The van der Waals surface area contributed by atoms with Crippen molar-refractivity contribution in [1.82, 2.24) is 5.32 Å². The molecule has 0 bridgehead atoms. The molecule has 5 nitrogen and oxygen atoms in total. The van der Waals surface area contributed by atoms with Crippen LogP contribution < -0.4 is 15.4 Å². The van der Waals surface area contributed by atoms with Crippen molar-refractivity contribution in [2.45, 2.75) is 32.2 Å². The van der Waals surface area contributed by atoms with Crippen LogP contribution >= 0.6 is 0 Å². The Morgan fingerprint density at radius 2 is 2.27 bits per heavy atom. The molecule has 0 aliphatic carbocycles. The average molecular weight is 306 g/mol. The van der Waals surface area contributed by atoms with Gasteiger partial charge in [-0.05, 0) is 38.4 Å². The standard InChI is InChI=1S/C17H26N2O3/c1-13-11-14(7-8-18-13)17(20)19-15-5-3-6-16(12-15)22-10-4-9-21-2/h3,5-6,12-14,18H,4,7-11H2,1-2H3,(H,19,20)/t13-,14-/m0/s1. The van der Waals surface area contributed by atoms with Crippen molar-refractivity contribution in [2.24, 2.45) is 5.92 Å². The summed E-state index contributed by atoms with van der Waals surface area (Å²) in [6, 6.07) is 7.96. The number of piperidine rings is 1. The lowest BCUT2D eigenvalue weighted by Crippen LogP contribution is -2.40. The van der Waals surface area contributed by atoms with Crippen molar-refractivity contribution in [3.63, 3.8) is 0 Å². The zero-order valence-corrected chi connectivity index (χ0v) is 13.4. The minimum atomic E-state index is 0.0857. The number of benzene rings is 1. The lowest BCUT2D eigenvalue weighted by molar-refractivity contribution is -0.120. The van der Waals surface area contributed by atoms with Crippen molar-refractivity contribution in [3.05, 3.63) is 24.3 Å². The smallest absolute Gasteiger partial charge is 0.227 e. The second kappa shape index (κ2) is 8.76. The van der Waals surface area contributed by atoms with Gasteiger partial charge in [0, 0.05) is 43.9 Å². The first kappa shape index (κ1) is 16.8. The Morgan fingerprint density at radius 1 is 1.41 bits per heavy atom. The molecule has 122 valence electrons. The number of amides is 1. The van der Waals surface area contributed by atoms with E-state index in [9.17, 15) is 4.79 Å². The summed E-state index contributed by atoms with van der Waals surface area (Å²) in [4.78, 5) is 12.3. The van der Waals surface area contributed by atoms with Gasteiger partial charge in [-0.25, -0.2) is 0 Å². The van der Waals surface area contributed by atoms with Crippen LogP contribution in [0.25, 0.3) is 0 Å². The Labute approximate surface area is 132 Å². The number of carbonyl (C=O) groups is 1. The van der Waals surface area contributed by atoms with Crippen LogP contribution in [0.1, 0.15) is 26.2 Å². The molecule has 22 heavy (non-hydrogen) atoms. The van der Waals surface area contributed by atoms with E-state index in [1.54, 1.807) is 7.11 Å². The van der Waals surface area contributed by atoms with E-state index >= 15 is 0 Å². The zero-order valence-electron chi connectivity index (χ0n) is 13.4. The van der Waals surface area contributed by atoms with Crippen molar-refractivity contribution < 1.29 is 14.3 Å². The van der Waals surface area contributed by atoms with E-state index in [1.807, 2.05) is 24.3 Å². The van der Waals surface area contributed by atoms with Crippen LogP contribution in [0.3, 0.4) is 0 Å². The first-order valence-corrected chi connectivity index (χ1v) is 7.95. The molecule has 2 N–H and O–H groups in total. The van der Waals surface area contributed by atoms with E-state index < -0.39 is 0 Å². The summed E-state index contributed by atoms with van der Waals surface area (Å²) < 4.78 is 10.6. The van der Waals surface area contributed by atoms with Crippen LogP contribution in [-0.2, 0) is 9.53 Å². The molecule has 2 atom stereocenters. The summed E-state index contributed by atoms with van der Waals surface area (Å²) in [5.41, 5.74) is 0.792. The minimum absolute atomic E-state index is 0.0857. The maximum absolute atomic E-state index is 12.3. The molecule has 0 radical (unpaired) electrons. The van der Waals surface area contributed by atoms with Crippen LogP contribution in [0.5, 0.6) is 5.75 Å². The largest absolute Gasteiger partial charge is 0.493 e. The van der Waals surface area contributed by atoms with Crippen molar-refractivity contribution in [2.75, 3.05) is 32.2 Å². The van der Waals surface area contributed by atoms with E-state index in [4.69, 9.17) is 9.47 Å². The summed E-state index contributed by atoms with van der Waals surface area (Å²) >= 11 is 0. The summed E-state index contributed by atoms with van der Waals surface area (Å²) in [7, 11) is 1.68. The molecule has 1 fully saturated rings. The summed E-state index contributed by atoms with van der Waals surface area (Å²) in [5.74, 6) is 0.958. The quantitative estimate of drug-likeness (QED) is 0.760. The van der Waals surface area contributed by atoms with E-state index in [-0.39, 0.29) is 11.8 Å². The van der Waals surface area contributed by atoms with E-state index in [0.29, 0.717) is 19.3 Å². The molecule has 0 spiro atoms. The second-order valence-corrected chi connectivity index (χ2v) is 5.79. The molecular formula is C17H26N2O3. The predicted molar refractivity (Wildman–Crippen MR) is 87.2 cm³/mol. The number of hydrogen-bond donors (Lipinski definition) is 2. The number of nitrogens with one attached hydrogen (secondary N) is 2. The molecule has 0 aromatic heterocycles. The molecule has 1 saturated heterocycles. The monoisotopic (exact) mass is 306 g/mol. The molecule has 1 aromatic rings. The first-order chi connectivity index (χ1) is 10.7. The van der Waals surface area contributed by atoms with E-state index in [0.717, 1.165) is 37.2 Å². The molecule has 2 rings (SSSR count). The Morgan fingerprint density at radius 3 is 3.05 bits per heavy atom. The number of methoxy groups -OCH3 is 1. The third-order valence-corrected chi connectivity index (χ3v) is 3.86. The van der Waals surface area contributed by atoms with Crippen molar-refractivity contribution >= 4 is 11.6 Å². The zero-order chi connectivity index (χ0) is 15.8. The molecule has 1 heterocycles. The van der Waals surface area contributed by atoms with Gasteiger partial charge in [0.2, 0.25) is 5.91 Å². The number of hydrogen-bond acceptors (Lipinski definition) is 4. The molecular weight excluding hydrogens is 280 g/mol. The Kier molecular flexibility index (Phi) is 6.68. The van der Waals surface area contributed by atoms with Crippen LogP contribution in [0.4, 0.5) is 5.69 Å². The van der Waals surface area contributed by atoms with Gasteiger partial charge in [0.25, 0.3) is 0 Å². The second-order valence-electron chi connectivity index (χ2n) is 5.79. The summed E-state index contributed by atoms with van der Waals surface area (Å²) in [5, 5.41) is 6.37. The molecule has 0 saturated carbocycles. The van der Waals surface area contributed by atoms with Gasteiger partial charge in [0.15, 0.2) is 0 Å². The van der Waals surface area contributed by atoms with Gasteiger partial charge in [-0.15, -0.1) is 0 Å². The number of carbonyl (C=O) groups excluding carboxylic acids is 1. The van der Waals surface area contributed by atoms with Crippen molar-refractivity contribution in [1.29, 1.82) is 0 Å². The molecule has 1 aliphatic heterocycles. The van der Waals surface area contributed by atoms with Gasteiger partial charge in [0.1, 0.15) is 5.75 Å². The highest BCUT2D eigenvalue weighted by Gasteiger charge is 2.24. The molecule has 1 amide bonds. The Hall–Kier alpha value is -1.59. The number of anilines is 1. The number of ether oxygens (including phenoxy) is 2. The normalized spacial score (nSPS) is 21.4. The third-order valence-electron chi connectivity index (χ3n) is 3.86. The summed E-state index contributed by atoms with van der Waals surface area (Å²) in [6.45, 7) is 4.32. The lowest BCUT2D eigenvalue weighted by Gasteiger charge is -2.27. The Bertz CT molecular complexity index is 479. The van der Waals surface area contributed by atoms with Crippen LogP contribution in [0.15, 0.2) is 24.3 Å². The highest BCUT2D eigenvalue weighted by molar-refractivity contribution is 5.92. The summed E-state index contributed by atoms with van der Waals surface area (Å²) in [6.07, 6.45) is 2.63. The van der Waals surface area contributed by atoms with Gasteiger partial charge in [-0.1, -0.05) is 6.07 Å². The van der Waals surface area contributed by atoms with Gasteiger partial charge in [-0.3, -0.25) is 4.79 Å². The SMILES string of the molecule is COCCCOc1cccc(NC(=O)[C@H]2CCN[C@@H](C)C2)c1. The number of rotatable bonds is 7. The fourth-order valence-electron chi connectivity index (χ4n) is 2.67. The van der Waals surface area contributed by atoms with Crippen LogP contribution in [0, 0.1) is 5.92 Å². The van der Waals surface area contributed by atoms with Crippen molar-refractivity contribution in [3.8, 4) is 5.75 Å². The topological polar surface area (TPSA) is 59.6 Å². The fourth-order valence-corrected chi connectivity index (χ4v) is 2.67. The Balaban J connectivity index is 1.85. The maximum atomic E-state index is 12.3. The predicted octanol–water partition coefficient (Wildman–Crippen LogP) is 2.43. The van der Waals surface area contributed by atoms with E-state index in [2.05, 4.69) is 17.6 Å². The van der Waals surface area contributed by atoms with Gasteiger partial charge >= 0.3 is 0 Å². The highest BCUT2D eigenvalue weighted by atomic mass is 16.5. The maximum Gasteiger partial charge on any atom is 0.227 e. The van der Waals surface area contributed by atoms with Gasteiger partial charge in [0.05, 0.1) is 6.61 Å². The lowest BCUT2D eigenvalue weighted by atomic mass is 9.92.